The van der Waals surface area contributed by atoms with Crippen molar-refractivity contribution in [3.8, 4) is 0 Å². The van der Waals surface area contributed by atoms with E-state index in [1.807, 2.05) is 20.8 Å². The van der Waals surface area contributed by atoms with Gasteiger partial charge in [-0.05, 0) is 44.7 Å². The maximum atomic E-state index is 12.2. The Morgan fingerprint density at radius 2 is 1.47 bits per heavy atom. The van der Waals surface area contributed by atoms with Crippen LogP contribution in [0.25, 0.3) is 0 Å². The van der Waals surface area contributed by atoms with Crippen LogP contribution < -0.4 is 0 Å². The Morgan fingerprint density at radius 1 is 1.00 bits per heavy atom. The molecule has 0 spiro atoms. The van der Waals surface area contributed by atoms with Crippen molar-refractivity contribution in [1.82, 2.24) is 0 Å². The van der Waals surface area contributed by atoms with Gasteiger partial charge in [-0.15, -0.1) is 0 Å². The van der Waals surface area contributed by atoms with E-state index < -0.39 is 15.7 Å². The molecule has 0 saturated heterocycles. The highest BCUT2D eigenvalue weighted by Gasteiger charge is 2.32. The molecule has 19 heavy (non-hydrogen) atoms. The normalized spacial score (nSPS) is 13.6. The van der Waals surface area contributed by atoms with Crippen molar-refractivity contribution in [3.63, 3.8) is 0 Å². The molecule has 1 aromatic carbocycles. The summed E-state index contributed by atoms with van der Waals surface area (Å²) < 4.78 is 29.8. The van der Waals surface area contributed by atoms with Gasteiger partial charge in [0.2, 0.25) is 0 Å². The zero-order valence-electron chi connectivity index (χ0n) is 12.6. The van der Waals surface area contributed by atoms with E-state index in [9.17, 15) is 8.42 Å². The summed E-state index contributed by atoms with van der Waals surface area (Å²) in [6.07, 6.45) is 0.658. The molecule has 0 aliphatic carbocycles. The predicted octanol–water partition coefficient (Wildman–Crippen LogP) is 3.92. The minimum absolute atomic E-state index is 0.00625. The van der Waals surface area contributed by atoms with Crippen molar-refractivity contribution in [2.45, 2.75) is 58.5 Å². The third-order valence-corrected chi connectivity index (χ3v) is 4.12. The molecule has 4 heteroatoms. The van der Waals surface area contributed by atoms with Gasteiger partial charge in [-0.2, -0.15) is 8.42 Å². The topological polar surface area (TPSA) is 43.4 Å². The molecular weight excluding hydrogens is 260 g/mol. The van der Waals surface area contributed by atoms with Crippen LogP contribution in [0.1, 0.15) is 46.6 Å². The van der Waals surface area contributed by atoms with Crippen LogP contribution in [0.2, 0.25) is 0 Å². The monoisotopic (exact) mass is 284 g/mol. The standard InChI is InChI=1S/C15H24O3S/c1-12-7-9-13(10-8-12)19(16,17)18-15(5,6)11-14(2,3)4/h7-10H,11H2,1-6H3. The predicted molar refractivity (Wildman–Crippen MR) is 77.6 cm³/mol. The van der Waals surface area contributed by atoms with E-state index in [0.717, 1.165) is 5.56 Å². The zero-order valence-corrected chi connectivity index (χ0v) is 13.5. The Morgan fingerprint density at radius 3 is 1.89 bits per heavy atom. The lowest BCUT2D eigenvalue weighted by atomic mass is 9.84. The van der Waals surface area contributed by atoms with E-state index in [0.29, 0.717) is 6.42 Å². The Hall–Kier alpha value is -0.870. The smallest absolute Gasteiger partial charge is 0.260 e. The zero-order chi connectivity index (χ0) is 14.9. The highest BCUT2D eigenvalue weighted by atomic mass is 32.2. The summed E-state index contributed by atoms with van der Waals surface area (Å²) in [6, 6.07) is 6.70. The lowest BCUT2D eigenvalue weighted by molar-refractivity contribution is 0.0692. The first-order valence-corrected chi connectivity index (χ1v) is 7.84. The summed E-state index contributed by atoms with van der Waals surface area (Å²) in [5.41, 5.74) is 0.307. The maximum absolute atomic E-state index is 12.2. The van der Waals surface area contributed by atoms with E-state index in [4.69, 9.17) is 4.18 Å². The van der Waals surface area contributed by atoms with E-state index in [2.05, 4.69) is 20.8 Å². The molecular formula is C15H24O3S. The summed E-state index contributed by atoms with van der Waals surface area (Å²) in [7, 11) is -3.71. The Balaban J connectivity index is 2.94. The van der Waals surface area contributed by atoms with Gasteiger partial charge in [-0.25, -0.2) is 0 Å². The summed E-state index contributed by atoms with van der Waals surface area (Å²) >= 11 is 0. The Labute approximate surface area is 117 Å². The molecule has 0 aromatic heterocycles. The largest absolute Gasteiger partial charge is 0.297 e. The minimum Gasteiger partial charge on any atom is -0.260 e. The number of benzene rings is 1. The quantitative estimate of drug-likeness (QED) is 0.787. The van der Waals surface area contributed by atoms with E-state index in [-0.39, 0.29) is 10.3 Å². The highest BCUT2D eigenvalue weighted by Crippen LogP contribution is 2.32. The van der Waals surface area contributed by atoms with Crippen LogP contribution in [-0.4, -0.2) is 14.0 Å². The molecule has 0 atom stereocenters. The van der Waals surface area contributed by atoms with Crippen LogP contribution in [0, 0.1) is 12.3 Å². The molecule has 0 unspecified atom stereocenters. The van der Waals surface area contributed by atoms with Crippen LogP contribution in [0.3, 0.4) is 0 Å². The molecule has 1 aromatic rings. The molecule has 3 nitrogen and oxygen atoms in total. The fraction of sp³-hybridized carbons (Fsp3) is 0.600. The second-order valence-corrected chi connectivity index (χ2v) is 8.39. The van der Waals surface area contributed by atoms with E-state index in [1.54, 1.807) is 24.3 Å². The number of aryl methyl sites for hydroxylation is 1. The van der Waals surface area contributed by atoms with Crippen molar-refractivity contribution >= 4 is 10.1 Å². The summed E-state index contributed by atoms with van der Waals surface area (Å²) in [5, 5.41) is 0. The molecule has 0 aliphatic rings. The van der Waals surface area contributed by atoms with Gasteiger partial charge < -0.3 is 0 Å². The molecule has 0 N–H and O–H groups in total. The average molecular weight is 284 g/mol. The number of rotatable bonds is 4. The third kappa shape index (κ3) is 5.33. The van der Waals surface area contributed by atoms with Gasteiger partial charge in [-0.3, -0.25) is 4.18 Å². The van der Waals surface area contributed by atoms with Gasteiger partial charge in [0.25, 0.3) is 10.1 Å². The van der Waals surface area contributed by atoms with Gasteiger partial charge in [0, 0.05) is 0 Å². The second-order valence-electron chi connectivity index (χ2n) is 6.85. The van der Waals surface area contributed by atoms with Crippen LogP contribution in [0.15, 0.2) is 29.2 Å². The molecule has 0 heterocycles. The fourth-order valence-electron chi connectivity index (χ4n) is 2.36. The number of hydrogen-bond donors (Lipinski definition) is 0. The Kier molecular flexibility index (Phi) is 4.47. The lowest BCUT2D eigenvalue weighted by Crippen LogP contribution is -2.32. The third-order valence-electron chi connectivity index (χ3n) is 2.60. The van der Waals surface area contributed by atoms with Crippen molar-refractivity contribution in [2.75, 3.05) is 0 Å². The maximum Gasteiger partial charge on any atom is 0.297 e. The first-order chi connectivity index (χ1) is 8.41. The van der Waals surface area contributed by atoms with Crippen molar-refractivity contribution in [1.29, 1.82) is 0 Å². The first-order valence-electron chi connectivity index (χ1n) is 6.44. The van der Waals surface area contributed by atoms with Gasteiger partial charge in [0.05, 0.1) is 10.5 Å². The highest BCUT2D eigenvalue weighted by molar-refractivity contribution is 7.86. The molecule has 108 valence electrons. The summed E-state index contributed by atoms with van der Waals surface area (Å²) in [5.74, 6) is 0. The SMILES string of the molecule is Cc1ccc(S(=O)(=O)OC(C)(C)CC(C)(C)C)cc1. The molecule has 0 fully saturated rings. The van der Waals surface area contributed by atoms with Gasteiger partial charge >= 0.3 is 0 Å². The van der Waals surface area contributed by atoms with Crippen LogP contribution in [0.4, 0.5) is 0 Å². The first kappa shape index (κ1) is 16.2. The molecule has 0 amide bonds. The summed E-state index contributed by atoms with van der Waals surface area (Å²) in [6.45, 7) is 11.7. The molecule has 1 rings (SSSR count). The van der Waals surface area contributed by atoms with E-state index in [1.165, 1.54) is 0 Å². The van der Waals surface area contributed by atoms with Crippen molar-refractivity contribution in [3.05, 3.63) is 29.8 Å². The van der Waals surface area contributed by atoms with Crippen molar-refractivity contribution in [2.24, 2.45) is 5.41 Å². The van der Waals surface area contributed by atoms with Gasteiger partial charge in [-0.1, -0.05) is 38.5 Å². The minimum atomic E-state index is -3.71. The molecule has 0 radical (unpaired) electrons. The second kappa shape index (κ2) is 5.25. The molecule has 0 bridgehead atoms. The van der Waals surface area contributed by atoms with Crippen LogP contribution >= 0.6 is 0 Å². The number of hydrogen-bond acceptors (Lipinski definition) is 3. The average Bonchev–Trinajstić information content (AvgIpc) is 2.11. The fourth-order valence-corrected chi connectivity index (χ4v) is 3.58. The van der Waals surface area contributed by atoms with Crippen LogP contribution in [-0.2, 0) is 14.3 Å². The lowest BCUT2D eigenvalue weighted by Gasteiger charge is -2.31. The summed E-state index contributed by atoms with van der Waals surface area (Å²) in [4.78, 5) is 0.208. The van der Waals surface area contributed by atoms with E-state index >= 15 is 0 Å². The van der Waals surface area contributed by atoms with Gasteiger partial charge in [0.1, 0.15) is 0 Å². The van der Waals surface area contributed by atoms with Gasteiger partial charge in [0.15, 0.2) is 0 Å². The van der Waals surface area contributed by atoms with Crippen LogP contribution in [0.5, 0.6) is 0 Å². The van der Waals surface area contributed by atoms with Crippen molar-refractivity contribution < 1.29 is 12.6 Å². The molecule has 0 aliphatic heterocycles. The Bertz CT molecular complexity index is 520. The molecule has 0 saturated carbocycles.